The third-order valence-corrected chi connectivity index (χ3v) is 3.92. The maximum Gasteiger partial charge on any atom is 0.259 e. The van der Waals surface area contributed by atoms with Crippen LogP contribution in [0.2, 0.25) is 0 Å². The average molecular weight is 251 g/mol. The van der Waals surface area contributed by atoms with Crippen LogP contribution >= 0.6 is 0 Å². The molecule has 2 fully saturated rings. The molecule has 1 aliphatic carbocycles. The van der Waals surface area contributed by atoms with Crippen molar-refractivity contribution >= 4 is 11.7 Å². The molecule has 2 rings (SSSR count). The summed E-state index contributed by atoms with van der Waals surface area (Å²) in [7, 11) is 0. The smallest absolute Gasteiger partial charge is 0.259 e. The Morgan fingerprint density at radius 1 is 1.28 bits per heavy atom. The van der Waals surface area contributed by atoms with Gasteiger partial charge < -0.3 is 10.4 Å². The van der Waals surface area contributed by atoms with E-state index in [-0.39, 0.29) is 28.9 Å². The number of carbonyl (C=O) groups is 2. The zero-order chi connectivity index (χ0) is 13.1. The number of ketones is 1. The number of rotatable bonds is 3. The summed E-state index contributed by atoms with van der Waals surface area (Å²) < 4.78 is 0. The number of hydrogen-bond donors (Lipinski definition) is 2. The third kappa shape index (κ3) is 2.42. The summed E-state index contributed by atoms with van der Waals surface area (Å²) in [6, 6.07) is -0.428. The fraction of sp³-hybridized carbons (Fsp3) is 0.714. The normalized spacial score (nSPS) is 28.4. The van der Waals surface area contributed by atoms with Gasteiger partial charge in [-0.05, 0) is 19.3 Å². The molecule has 4 heteroatoms. The second kappa shape index (κ2) is 5.55. The van der Waals surface area contributed by atoms with Crippen molar-refractivity contribution in [1.29, 1.82) is 0 Å². The van der Waals surface area contributed by atoms with Crippen LogP contribution in [0.25, 0.3) is 0 Å². The zero-order valence-corrected chi connectivity index (χ0v) is 10.9. The number of allylic oxidation sites excluding steroid dienone is 1. The van der Waals surface area contributed by atoms with Crippen molar-refractivity contribution in [3.8, 4) is 0 Å². The van der Waals surface area contributed by atoms with E-state index in [1.54, 1.807) is 0 Å². The van der Waals surface area contributed by atoms with E-state index in [0.29, 0.717) is 6.42 Å². The Bertz CT molecular complexity index is 381. The Hall–Kier alpha value is -1.32. The molecule has 0 bridgehead atoms. The second-order valence-corrected chi connectivity index (χ2v) is 5.27. The lowest BCUT2D eigenvalue weighted by atomic mass is 9.85. The lowest BCUT2D eigenvalue weighted by Gasteiger charge is -2.21. The minimum Gasteiger partial charge on any atom is -0.511 e. The highest BCUT2D eigenvalue weighted by Gasteiger charge is 2.39. The van der Waals surface area contributed by atoms with Crippen LogP contribution in [0.4, 0.5) is 0 Å². The van der Waals surface area contributed by atoms with Crippen LogP contribution in [0.15, 0.2) is 11.3 Å². The van der Waals surface area contributed by atoms with Gasteiger partial charge in [-0.2, -0.15) is 0 Å². The fourth-order valence-corrected chi connectivity index (χ4v) is 2.90. The number of aliphatic hydroxyl groups excluding tert-OH is 1. The van der Waals surface area contributed by atoms with Gasteiger partial charge in [-0.15, -0.1) is 0 Å². The van der Waals surface area contributed by atoms with Crippen molar-refractivity contribution in [2.75, 3.05) is 0 Å². The SMILES string of the molecule is CCCC1NC(=O)C(=C(O)C2CCCCC2)C1=O. The molecule has 0 spiro atoms. The Kier molecular flexibility index (Phi) is 4.04. The first kappa shape index (κ1) is 13.1. The molecule has 2 aliphatic rings. The van der Waals surface area contributed by atoms with E-state index >= 15 is 0 Å². The van der Waals surface area contributed by atoms with E-state index in [1.807, 2.05) is 6.92 Å². The van der Waals surface area contributed by atoms with Gasteiger partial charge in [0.2, 0.25) is 0 Å². The van der Waals surface area contributed by atoms with Crippen molar-refractivity contribution in [2.24, 2.45) is 5.92 Å². The van der Waals surface area contributed by atoms with Crippen LogP contribution in [0, 0.1) is 5.92 Å². The van der Waals surface area contributed by atoms with Gasteiger partial charge >= 0.3 is 0 Å². The van der Waals surface area contributed by atoms with E-state index < -0.39 is 6.04 Å². The molecule has 1 unspecified atom stereocenters. The second-order valence-electron chi connectivity index (χ2n) is 5.27. The fourth-order valence-electron chi connectivity index (χ4n) is 2.90. The number of aliphatic hydroxyl groups is 1. The highest BCUT2D eigenvalue weighted by molar-refractivity contribution is 6.26. The number of hydrogen-bond acceptors (Lipinski definition) is 3. The minimum absolute atomic E-state index is 0.00354. The molecule has 0 aromatic carbocycles. The zero-order valence-electron chi connectivity index (χ0n) is 10.9. The molecular weight excluding hydrogens is 230 g/mol. The van der Waals surface area contributed by atoms with Gasteiger partial charge in [-0.3, -0.25) is 9.59 Å². The van der Waals surface area contributed by atoms with Gasteiger partial charge in [0.05, 0.1) is 6.04 Å². The summed E-state index contributed by atoms with van der Waals surface area (Å²) in [4.78, 5) is 23.9. The molecule has 1 aliphatic heterocycles. The van der Waals surface area contributed by atoms with E-state index in [2.05, 4.69) is 5.32 Å². The highest BCUT2D eigenvalue weighted by atomic mass is 16.3. The Morgan fingerprint density at radius 3 is 2.56 bits per heavy atom. The standard InChI is InChI=1S/C14H21NO3/c1-2-6-10-13(17)11(14(18)15-10)12(16)9-7-4-3-5-8-9/h9-10,16H,2-8H2,1H3,(H,15,18). The van der Waals surface area contributed by atoms with Crippen LogP contribution in [-0.4, -0.2) is 22.8 Å². The number of nitrogens with one attached hydrogen (secondary N) is 1. The first-order valence-corrected chi connectivity index (χ1v) is 6.93. The maximum absolute atomic E-state index is 12.1. The van der Waals surface area contributed by atoms with E-state index in [1.165, 1.54) is 6.42 Å². The molecule has 0 aromatic rings. The number of Topliss-reactive ketones (excluding diaryl/α,β-unsaturated/α-hetero) is 1. The number of amides is 1. The highest BCUT2D eigenvalue weighted by Crippen LogP contribution is 2.31. The monoisotopic (exact) mass is 251 g/mol. The van der Waals surface area contributed by atoms with Crippen LogP contribution in [0.5, 0.6) is 0 Å². The molecule has 4 nitrogen and oxygen atoms in total. The molecule has 1 heterocycles. The van der Waals surface area contributed by atoms with Crippen molar-refractivity contribution in [2.45, 2.75) is 57.9 Å². The molecule has 2 N–H and O–H groups in total. The van der Waals surface area contributed by atoms with Crippen molar-refractivity contribution < 1.29 is 14.7 Å². The molecule has 1 saturated carbocycles. The Balaban J connectivity index is 2.19. The third-order valence-electron chi connectivity index (χ3n) is 3.92. The van der Waals surface area contributed by atoms with Crippen molar-refractivity contribution in [3.63, 3.8) is 0 Å². The van der Waals surface area contributed by atoms with E-state index in [9.17, 15) is 14.7 Å². The molecule has 0 radical (unpaired) electrons. The summed E-state index contributed by atoms with van der Waals surface area (Å²) in [6.07, 6.45) is 6.56. The Morgan fingerprint density at radius 2 is 1.94 bits per heavy atom. The first-order valence-electron chi connectivity index (χ1n) is 6.93. The average Bonchev–Trinajstić information content (AvgIpc) is 2.65. The molecule has 100 valence electrons. The van der Waals surface area contributed by atoms with Crippen LogP contribution in [0.3, 0.4) is 0 Å². The first-order chi connectivity index (χ1) is 8.65. The molecular formula is C14H21NO3. The van der Waals surface area contributed by atoms with Crippen LogP contribution in [-0.2, 0) is 9.59 Å². The van der Waals surface area contributed by atoms with Crippen molar-refractivity contribution in [3.05, 3.63) is 11.3 Å². The van der Waals surface area contributed by atoms with Crippen molar-refractivity contribution in [1.82, 2.24) is 5.32 Å². The predicted molar refractivity (Wildman–Crippen MR) is 68.1 cm³/mol. The van der Waals surface area contributed by atoms with Gasteiger partial charge in [0.15, 0.2) is 5.78 Å². The molecule has 1 amide bonds. The lowest BCUT2D eigenvalue weighted by Crippen LogP contribution is -2.28. The quantitative estimate of drug-likeness (QED) is 0.459. The number of carbonyl (C=O) groups excluding carboxylic acids is 2. The summed E-state index contributed by atoms with van der Waals surface area (Å²) in [5, 5.41) is 12.9. The Labute approximate surface area is 107 Å². The van der Waals surface area contributed by atoms with Gasteiger partial charge in [0, 0.05) is 5.92 Å². The van der Waals surface area contributed by atoms with Crippen LogP contribution < -0.4 is 5.32 Å². The van der Waals surface area contributed by atoms with Gasteiger partial charge in [-0.25, -0.2) is 0 Å². The maximum atomic E-state index is 12.1. The lowest BCUT2D eigenvalue weighted by molar-refractivity contribution is -0.117. The predicted octanol–water partition coefficient (Wildman–Crippen LogP) is 2.25. The summed E-state index contributed by atoms with van der Waals surface area (Å²) in [6.45, 7) is 1.97. The van der Waals surface area contributed by atoms with Crippen LogP contribution in [0.1, 0.15) is 51.9 Å². The molecule has 0 aromatic heterocycles. The largest absolute Gasteiger partial charge is 0.511 e. The van der Waals surface area contributed by atoms with Gasteiger partial charge in [0.1, 0.15) is 11.3 Å². The summed E-state index contributed by atoms with van der Waals surface area (Å²) >= 11 is 0. The topological polar surface area (TPSA) is 66.4 Å². The molecule has 18 heavy (non-hydrogen) atoms. The molecule has 1 atom stereocenters. The molecule has 1 saturated heterocycles. The van der Waals surface area contributed by atoms with Gasteiger partial charge in [0.25, 0.3) is 5.91 Å². The van der Waals surface area contributed by atoms with Gasteiger partial charge in [-0.1, -0.05) is 32.6 Å². The minimum atomic E-state index is -0.428. The van der Waals surface area contributed by atoms with E-state index in [0.717, 1.165) is 32.1 Å². The summed E-state index contributed by atoms with van der Waals surface area (Å²) in [5.41, 5.74) is 0.0281. The van der Waals surface area contributed by atoms with E-state index in [4.69, 9.17) is 0 Å². The summed E-state index contributed by atoms with van der Waals surface area (Å²) in [5.74, 6) is -0.564.